The van der Waals surface area contributed by atoms with Crippen LogP contribution in [0.1, 0.15) is 19.4 Å². The van der Waals surface area contributed by atoms with Gasteiger partial charge in [0, 0.05) is 29.7 Å². The molecule has 0 atom stereocenters. The molecular formula is C22H23ClFN5O. The summed E-state index contributed by atoms with van der Waals surface area (Å²) in [7, 11) is 0. The van der Waals surface area contributed by atoms with Crippen molar-refractivity contribution in [2.45, 2.75) is 26.8 Å². The van der Waals surface area contributed by atoms with Crippen LogP contribution in [0.5, 0.6) is 0 Å². The van der Waals surface area contributed by atoms with Crippen molar-refractivity contribution in [2.75, 3.05) is 17.2 Å². The normalized spacial score (nSPS) is 11.4. The number of aryl methyl sites for hydroxylation is 1. The average molecular weight is 428 g/mol. The van der Waals surface area contributed by atoms with Crippen molar-refractivity contribution in [1.82, 2.24) is 15.3 Å². The van der Waals surface area contributed by atoms with Gasteiger partial charge >= 0.3 is 0 Å². The van der Waals surface area contributed by atoms with Gasteiger partial charge in [-0.3, -0.25) is 4.79 Å². The Morgan fingerprint density at radius 2 is 2.00 bits per heavy atom. The molecule has 0 unspecified atom stereocenters. The Kier molecular flexibility index (Phi) is 6.97. The van der Waals surface area contributed by atoms with Crippen molar-refractivity contribution in [2.24, 2.45) is 0 Å². The van der Waals surface area contributed by atoms with Gasteiger partial charge in [0.05, 0.1) is 16.2 Å². The average Bonchev–Trinajstić information content (AvgIpc) is 2.71. The smallest absolute Gasteiger partial charge is 0.248 e. The molecule has 3 aromatic rings. The summed E-state index contributed by atoms with van der Waals surface area (Å²) in [5.41, 5.74) is 2.26. The lowest BCUT2D eigenvalue weighted by atomic mass is 10.1. The summed E-state index contributed by atoms with van der Waals surface area (Å²) in [6.45, 7) is 6.53. The SMILES string of the molecule is Cc1c(NC(=O)/C=C/CNC(C)C)ccc2ncnc(Nc3cccc(Cl)c3F)c12. The first-order valence-electron chi connectivity index (χ1n) is 9.53. The molecule has 2 aromatic carbocycles. The zero-order valence-corrected chi connectivity index (χ0v) is 17.7. The van der Waals surface area contributed by atoms with Crippen molar-refractivity contribution in [3.8, 4) is 0 Å². The predicted octanol–water partition coefficient (Wildman–Crippen LogP) is 4.97. The summed E-state index contributed by atoms with van der Waals surface area (Å²) in [4.78, 5) is 20.8. The Morgan fingerprint density at radius 1 is 1.20 bits per heavy atom. The molecule has 3 rings (SSSR count). The molecule has 0 radical (unpaired) electrons. The maximum atomic E-state index is 14.3. The van der Waals surface area contributed by atoms with E-state index in [0.29, 0.717) is 35.0 Å². The molecule has 1 aromatic heterocycles. The van der Waals surface area contributed by atoms with E-state index >= 15 is 0 Å². The lowest BCUT2D eigenvalue weighted by Crippen LogP contribution is -2.22. The van der Waals surface area contributed by atoms with Gasteiger partial charge in [0.2, 0.25) is 5.91 Å². The predicted molar refractivity (Wildman–Crippen MR) is 120 cm³/mol. The van der Waals surface area contributed by atoms with Crippen LogP contribution in [0.25, 0.3) is 10.9 Å². The number of fused-ring (bicyclic) bond motifs is 1. The molecule has 0 aliphatic rings. The second kappa shape index (κ2) is 9.65. The fraction of sp³-hybridized carbons (Fsp3) is 0.227. The molecule has 6 nitrogen and oxygen atoms in total. The van der Waals surface area contributed by atoms with Crippen molar-refractivity contribution < 1.29 is 9.18 Å². The molecule has 0 spiro atoms. The number of carbonyl (C=O) groups is 1. The topological polar surface area (TPSA) is 78.9 Å². The van der Waals surface area contributed by atoms with Crippen LogP contribution in [-0.2, 0) is 4.79 Å². The first-order valence-corrected chi connectivity index (χ1v) is 9.91. The molecule has 156 valence electrons. The van der Waals surface area contributed by atoms with Gasteiger partial charge in [-0.25, -0.2) is 14.4 Å². The van der Waals surface area contributed by atoms with Gasteiger partial charge < -0.3 is 16.0 Å². The Hall–Kier alpha value is -3.03. The van der Waals surface area contributed by atoms with Gasteiger partial charge in [-0.05, 0) is 36.8 Å². The minimum atomic E-state index is -0.562. The minimum Gasteiger partial charge on any atom is -0.337 e. The highest BCUT2D eigenvalue weighted by molar-refractivity contribution is 6.31. The van der Waals surface area contributed by atoms with Crippen LogP contribution in [-0.4, -0.2) is 28.5 Å². The number of carbonyl (C=O) groups excluding carboxylic acids is 1. The molecule has 0 aliphatic heterocycles. The lowest BCUT2D eigenvalue weighted by molar-refractivity contribution is -0.111. The van der Waals surface area contributed by atoms with E-state index in [9.17, 15) is 9.18 Å². The fourth-order valence-electron chi connectivity index (χ4n) is 2.92. The van der Waals surface area contributed by atoms with E-state index in [-0.39, 0.29) is 16.6 Å². The number of rotatable bonds is 7. The first kappa shape index (κ1) is 21.7. The van der Waals surface area contributed by atoms with E-state index < -0.39 is 5.82 Å². The van der Waals surface area contributed by atoms with Crippen LogP contribution in [0.4, 0.5) is 21.6 Å². The molecule has 0 saturated carbocycles. The number of halogens is 2. The monoisotopic (exact) mass is 427 g/mol. The number of amides is 1. The molecule has 8 heteroatoms. The molecular weight excluding hydrogens is 405 g/mol. The molecule has 1 heterocycles. The van der Waals surface area contributed by atoms with Gasteiger partial charge in [-0.1, -0.05) is 37.6 Å². The number of hydrogen-bond donors (Lipinski definition) is 3. The van der Waals surface area contributed by atoms with Crippen LogP contribution in [0.3, 0.4) is 0 Å². The largest absolute Gasteiger partial charge is 0.337 e. The summed E-state index contributed by atoms with van der Waals surface area (Å²) < 4.78 is 14.3. The minimum absolute atomic E-state index is 0.0155. The molecule has 1 amide bonds. The third-order valence-electron chi connectivity index (χ3n) is 4.44. The molecule has 0 aliphatic carbocycles. The summed E-state index contributed by atoms with van der Waals surface area (Å²) >= 11 is 5.88. The zero-order chi connectivity index (χ0) is 21.7. The van der Waals surface area contributed by atoms with E-state index in [2.05, 4.69) is 25.9 Å². The van der Waals surface area contributed by atoms with Crippen molar-refractivity contribution in [1.29, 1.82) is 0 Å². The zero-order valence-electron chi connectivity index (χ0n) is 17.0. The Morgan fingerprint density at radius 3 is 2.77 bits per heavy atom. The van der Waals surface area contributed by atoms with Crippen LogP contribution in [0, 0.1) is 12.7 Å². The quantitative estimate of drug-likeness (QED) is 0.464. The van der Waals surface area contributed by atoms with Crippen molar-refractivity contribution in [3.63, 3.8) is 0 Å². The number of anilines is 3. The van der Waals surface area contributed by atoms with Crippen LogP contribution in [0.2, 0.25) is 5.02 Å². The number of benzene rings is 2. The molecule has 0 bridgehead atoms. The Labute approximate surface area is 179 Å². The van der Waals surface area contributed by atoms with Gasteiger partial charge in [0.15, 0.2) is 5.82 Å². The van der Waals surface area contributed by atoms with Crippen LogP contribution in [0.15, 0.2) is 48.8 Å². The summed E-state index contributed by atoms with van der Waals surface area (Å²) in [6.07, 6.45) is 4.65. The molecule has 0 fully saturated rings. The van der Waals surface area contributed by atoms with Crippen molar-refractivity contribution >= 4 is 45.6 Å². The molecule has 3 N–H and O–H groups in total. The highest BCUT2D eigenvalue weighted by Gasteiger charge is 2.14. The number of aromatic nitrogens is 2. The summed E-state index contributed by atoms with van der Waals surface area (Å²) in [5, 5.41) is 9.76. The molecule has 30 heavy (non-hydrogen) atoms. The maximum Gasteiger partial charge on any atom is 0.248 e. The van der Waals surface area contributed by atoms with E-state index in [1.54, 1.807) is 30.3 Å². The summed E-state index contributed by atoms with van der Waals surface area (Å²) in [6, 6.07) is 8.61. The number of hydrogen-bond acceptors (Lipinski definition) is 5. The molecule has 0 saturated heterocycles. The Balaban J connectivity index is 1.88. The van der Waals surface area contributed by atoms with Crippen LogP contribution >= 0.6 is 11.6 Å². The number of nitrogens with one attached hydrogen (secondary N) is 3. The lowest BCUT2D eigenvalue weighted by Gasteiger charge is -2.14. The van der Waals surface area contributed by atoms with Gasteiger partial charge in [0.25, 0.3) is 0 Å². The third-order valence-corrected chi connectivity index (χ3v) is 4.73. The van der Waals surface area contributed by atoms with E-state index in [1.807, 2.05) is 20.8 Å². The van der Waals surface area contributed by atoms with E-state index in [0.717, 1.165) is 5.56 Å². The fourth-order valence-corrected chi connectivity index (χ4v) is 3.09. The van der Waals surface area contributed by atoms with Gasteiger partial charge in [-0.15, -0.1) is 0 Å². The van der Waals surface area contributed by atoms with E-state index in [1.165, 1.54) is 18.5 Å². The second-order valence-electron chi connectivity index (χ2n) is 7.04. The highest BCUT2D eigenvalue weighted by atomic mass is 35.5. The van der Waals surface area contributed by atoms with Crippen molar-refractivity contribution in [3.05, 3.63) is 65.2 Å². The summed E-state index contributed by atoms with van der Waals surface area (Å²) in [5.74, 6) is -0.380. The van der Waals surface area contributed by atoms with Gasteiger partial charge in [-0.2, -0.15) is 0 Å². The Bertz CT molecular complexity index is 1100. The second-order valence-corrected chi connectivity index (χ2v) is 7.44. The first-order chi connectivity index (χ1) is 14.4. The highest BCUT2D eigenvalue weighted by Crippen LogP contribution is 2.32. The van der Waals surface area contributed by atoms with Crippen LogP contribution < -0.4 is 16.0 Å². The standard InChI is InChI=1S/C22H23ClFN5O/c1-13(2)25-11-5-8-19(30)28-16-9-10-17-20(14(16)3)22(27-12-26-17)29-18-7-4-6-15(23)21(18)24/h4-10,12-13,25H,11H2,1-3H3,(H,28,30)(H,26,27,29)/b8-5+. The van der Waals surface area contributed by atoms with Gasteiger partial charge in [0.1, 0.15) is 12.1 Å². The third kappa shape index (κ3) is 5.11. The van der Waals surface area contributed by atoms with E-state index in [4.69, 9.17) is 11.6 Å². The number of nitrogens with zero attached hydrogens (tertiary/aromatic N) is 2. The maximum absolute atomic E-state index is 14.3.